The molecule has 0 saturated heterocycles. The van der Waals surface area contributed by atoms with Crippen molar-refractivity contribution in [2.45, 2.75) is 13.8 Å². The molecule has 3 heteroatoms. The fourth-order valence-electron chi connectivity index (χ4n) is 3.13. The predicted octanol–water partition coefficient (Wildman–Crippen LogP) is 5.19. The zero-order valence-electron chi connectivity index (χ0n) is 13.7. The Kier molecular flexibility index (Phi) is 3.35. The van der Waals surface area contributed by atoms with Gasteiger partial charge in [0.2, 0.25) is 0 Å². The first-order valence-corrected chi connectivity index (χ1v) is 8.01. The molecule has 118 valence electrons. The molecule has 0 aliphatic heterocycles. The summed E-state index contributed by atoms with van der Waals surface area (Å²) < 4.78 is 0. The second-order valence-corrected chi connectivity index (χ2v) is 6.19. The van der Waals surface area contributed by atoms with Crippen molar-refractivity contribution in [2.75, 3.05) is 5.32 Å². The van der Waals surface area contributed by atoms with Crippen molar-refractivity contribution in [3.05, 3.63) is 77.5 Å². The third-order valence-corrected chi connectivity index (χ3v) is 4.45. The van der Waals surface area contributed by atoms with Gasteiger partial charge in [-0.1, -0.05) is 42.0 Å². The molecule has 3 aromatic carbocycles. The molecule has 0 bridgehead atoms. The highest BCUT2D eigenvalue weighted by atomic mass is 16.1. The SMILES string of the molecule is Cc1ccc2[nH]c(C(=O)Nc3ccc4ccccc4c3)c(C)c2c1. The van der Waals surface area contributed by atoms with Gasteiger partial charge in [0.05, 0.1) is 0 Å². The third kappa shape index (κ3) is 2.44. The number of aromatic amines is 1. The Hall–Kier alpha value is -3.07. The molecule has 0 fully saturated rings. The van der Waals surface area contributed by atoms with Crippen molar-refractivity contribution in [2.24, 2.45) is 0 Å². The Labute approximate surface area is 140 Å². The predicted molar refractivity (Wildman–Crippen MR) is 99.7 cm³/mol. The number of fused-ring (bicyclic) bond motifs is 2. The molecule has 0 spiro atoms. The van der Waals surface area contributed by atoms with E-state index in [0.717, 1.165) is 32.9 Å². The summed E-state index contributed by atoms with van der Waals surface area (Å²) in [6.45, 7) is 4.04. The first-order valence-electron chi connectivity index (χ1n) is 8.01. The van der Waals surface area contributed by atoms with E-state index in [0.29, 0.717) is 5.69 Å². The van der Waals surface area contributed by atoms with Gasteiger partial charge in [-0.05, 0) is 54.4 Å². The summed E-state index contributed by atoms with van der Waals surface area (Å²) in [6.07, 6.45) is 0. The molecule has 0 unspecified atom stereocenters. The second kappa shape index (κ2) is 5.53. The minimum atomic E-state index is -0.114. The Morgan fingerprint density at radius 2 is 1.71 bits per heavy atom. The minimum absolute atomic E-state index is 0.114. The highest BCUT2D eigenvalue weighted by Crippen LogP contribution is 2.24. The summed E-state index contributed by atoms with van der Waals surface area (Å²) in [5.74, 6) is -0.114. The van der Waals surface area contributed by atoms with E-state index in [9.17, 15) is 4.79 Å². The van der Waals surface area contributed by atoms with E-state index in [-0.39, 0.29) is 5.91 Å². The lowest BCUT2D eigenvalue weighted by Gasteiger charge is -2.06. The minimum Gasteiger partial charge on any atom is -0.350 e. The van der Waals surface area contributed by atoms with E-state index < -0.39 is 0 Å². The number of amides is 1. The van der Waals surface area contributed by atoms with Gasteiger partial charge in [0, 0.05) is 16.6 Å². The Morgan fingerprint density at radius 1 is 0.917 bits per heavy atom. The maximum atomic E-state index is 12.7. The standard InChI is InChI=1S/C21H18N2O/c1-13-7-10-19-18(11-13)14(2)20(23-19)21(24)22-17-9-8-15-5-3-4-6-16(15)12-17/h3-12,23H,1-2H3,(H,22,24). The summed E-state index contributed by atoms with van der Waals surface area (Å²) in [5, 5.41) is 6.36. The molecule has 1 aromatic heterocycles. The van der Waals surface area contributed by atoms with E-state index in [1.807, 2.05) is 55.5 Å². The van der Waals surface area contributed by atoms with Crippen LogP contribution in [0, 0.1) is 13.8 Å². The molecule has 0 radical (unpaired) electrons. The maximum absolute atomic E-state index is 12.7. The number of carbonyl (C=O) groups is 1. The van der Waals surface area contributed by atoms with Crippen LogP contribution in [-0.2, 0) is 0 Å². The van der Waals surface area contributed by atoms with Gasteiger partial charge >= 0.3 is 0 Å². The fourth-order valence-corrected chi connectivity index (χ4v) is 3.13. The number of hydrogen-bond donors (Lipinski definition) is 2. The number of benzene rings is 3. The molecule has 0 aliphatic rings. The Bertz CT molecular complexity index is 1080. The van der Waals surface area contributed by atoms with Crippen molar-refractivity contribution in [3.8, 4) is 0 Å². The molecule has 2 N–H and O–H groups in total. The summed E-state index contributed by atoms with van der Waals surface area (Å²) in [5.41, 5.74) is 4.57. The van der Waals surface area contributed by atoms with Crippen LogP contribution in [0.25, 0.3) is 21.7 Å². The van der Waals surface area contributed by atoms with Crippen LogP contribution in [0.5, 0.6) is 0 Å². The Balaban J connectivity index is 1.69. The van der Waals surface area contributed by atoms with Crippen LogP contribution in [0.15, 0.2) is 60.7 Å². The monoisotopic (exact) mass is 314 g/mol. The van der Waals surface area contributed by atoms with Crippen molar-refractivity contribution in [1.82, 2.24) is 4.98 Å². The van der Waals surface area contributed by atoms with Crippen LogP contribution in [-0.4, -0.2) is 10.9 Å². The number of H-pyrrole nitrogens is 1. The lowest BCUT2D eigenvalue weighted by molar-refractivity contribution is 0.102. The van der Waals surface area contributed by atoms with Crippen LogP contribution >= 0.6 is 0 Å². The number of carbonyl (C=O) groups excluding carboxylic acids is 1. The summed E-state index contributed by atoms with van der Waals surface area (Å²) in [6, 6.07) is 20.2. The molecular weight excluding hydrogens is 296 g/mol. The Morgan fingerprint density at radius 3 is 2.54 bits per heavy atom. The molecule has 3 nitrogen and oxygen atoms in total. The lowest BCUT2D eigenvalue weighted by Crippen LogP contribution is -2.13. The first-order chi connectivity index (χ1) is 11.6. The zero-order valence-corrected chi connectivity index (χ0v) is 13.7. The number of anilines is 1. The second-order valence-electron chi connectivity index (χ2n) is 6.19. The lowest BCUT2D eigenvalue weighted by atomic mass is 10.1. The van der Waals surface area contributed by atoms with Gasteiger partial charge in [-0.15, -0.1) is 0 Å². The van der Waals surface area contributed by atoms with E-state index in [1.54, 1.807) is 0 Å². The van der Waals surface area contributed by atoms with Crippen molar-refractivity contribution >= 4 is 33.3 Å². The van der Waals surface area contributed by atoms with Crippen molar-refractivity contribution < 1.29 is 4.79 Å². The normalized spacial score (nSPS) is 11.1. The van der Waals surface area contributed by atoms with Gasteiger partial charge in [-0.25, -0.2) is 0 Å². The number of aromatic nitrogens is 1. The highest BCUT2D eigenvalue weighted by molar-refractivity contribution is 6.08. The fraction of sp³-hybridized carbons (Fsp3) is 0.0952. The number of aryl methyl sites for hydroxylation is 2. The van der Waals surface area contributed by atoms with Crippen LogP contribution in [0.4, 0.5) is 5.69 Å². The molecule has 24 heavy (non-hydrogen) atoms. The molecule has 0 aliphatic carbocycles. The largest absolute Gasteiger partial charge is 0.350 e. The zero-order chi connectivity index (χ0) is 16.7. The molecule has 1 heterocycles. The maximum Gasteiger partial charge on any atom is 0.272 e. The van der Waals surface area contributed by atoms with Crippen molar-refractivity contribution in [3.63, 3.8) is 0 Å². The van der Waals surface area contributed by atoms with E-state index in [1.165, 1.54) is 5.56 Å². The van der Waals surface area contributed by atoms with E-state index in [4.69, 9.17) is 0 Å². The van der Waals surface area contributed by atoms with Crippen LogP contribution in [0.3, 0.4) is 0 Å². The average molecular weight is 314 g/mol. The van der Waals surface area contributed by atoms with Crippen LogP contribution in [0.2, 0.25) is 0 Å². The van der Waals surface area contributed by atoms with Gasteiger partial charge < -0.3 is 10.3 Å². The number of nitrogens with one attached hydrogen (secondary N) is 2. The van der Waals surface area contributed by atoms with Crippen molar-refractivity contribution in [1.29, 1.82) is 0 Å². The quantitative estimate of drug-likeness (QED) is 0.525. The smallest absolute Gasteiger partial charge is 0.272 e. The topological polar surface area (TPSA) is 44.9 Å². The van der Waals surface area contributed by atoms with Gasteiger partial charge in [-0.3, -0.25) is 4.79 Å². The molecule has 1 amide bonds. The molecule has 4 rings (SSSR count). The summed E-state index contributed by atoms with van der Waals surface area (Å²) in [4.78, 5) is 15.9. The number of hydrogen-bond acceptors (Lipinski definition) is 1. The van der Waals surface area contributed by atoms with Gasteiger partial charge in [0.15, 0.2) is 0 Å². The molecule has 0 atom stereocenters. The van der Waals surface area contributed by atoms with Gasteiger partial charge in [0.25, 0.3) is 5.91 Å². The number of rotatable bonds is 2. The molecule has 0 saturated carbocycles. The highest BCUT2D eigenvalue weighted by Gasteiger charge is 2.15. The average Bonchev–Trinajstić information content (AvgIpc) is 2.91. The van der Waals surface area contributed by atoms with Gasteiger partial charge in [0.1, 0.15) is 5.69 Å². The molecule has 4 aromatic rings. The summed E-state index contributed by atoms with van der Waals surface area (Å²) >= 11 is 0. The van der Waals surface area contributed by atoms with Crippen LogP contribution < -0.4 is 5.32 Å². The van der Waals surface area contributed by atoms with Gasteiger partial charge in [-0.2, -0.15) is 0 Å². The van der Waals surface area contributed by atoms with Crippen LogP contribution in [0.1, 0.15) is 21.6 Å². The third-order valence-electron chi connectivity index (χ3n) is 4.45. The summed E-state index contributed by atoms with van der Waals surface area (Å²) in [7, 11) is 0. The van der Waals surface area contributed by atoms with E-state index >= 15 is 0 Å². The molecular formula is C21H18N2O. The first kappa shape index (κ1) is 14.5. The van der Waals surface area contributed by atoms with E-state index in [2.05, 4.69) is 29.4 Å².